The van der Waals surface area contributed by atoms with Crippen LogP contribution < -0.4 is 5.32 Å². The molecule has 4 unspecified atom stereocenters. The zero-order valence-corrected chi connectivity index (χ0v) is 14.6. The lowest BCUT2D eigenvalue weighted by molar-refractivity contribution is 0.292. The predicted octanol–water partition coefficient (Wildman–Crippen LogP) is 4.15. The van der Waals surface area contributed by atoms with Gasteiger partial charge >= 0.3 is 0 Å². The maximum Gasteiger partial charge on any atom is 0.0507 e. The Kier molecular flexibility index (Phi) is 6.72. The van der Waals surface area contributed by atoms with Crippen LogP contribution in [-0.4, -0.2) is 22.5 Å². The topological polar surface area (TPSA) is 29.1 Å². The molecule has 0 heterocycles. The second-order valence-corrected chi connectivity index (χ2v) is 8.15. The number of nitrogens with one attached hydrogen (secondary N) is 1. The van der Waals surface area contributed by atoms with Crippen molar-refractivity contribution in [2.45, 2.75) is 56.1 Å². The third-order valence-corrected chi connectivity index (χ3v) is 6.59. The fourth-order valence-corrected chi connectivity index (χ4v) is 5.34. The third-order valence-electron chi connectivity index (χ3n) is 4.53. The van der Waals surface area contributed by atoms with Crippen molar-refractivity contribution in [3.8, 4) is 0 Å². The minimum atomic E-state index is -0.824. The first-order chi connectivity index (χ1) is 10.1. The van der Waals surface area contributed by atoms with Crippen LogP contribution in [0.2, 0.25) is 5.02 Å². The highest BCUT2D eigenvalue weighted by atomic mass is 35.5. The molecule has 1 aliphatic carbocycles. The minimum Gasteiger partial charge on any atom is -0.316 e. The standard InChI is InChI=1S/C17H26ClNOS/c1-3-4-13-7-10-16(19-2)17(11-13)21(20)12-14-5-8-15(18)9-6-14/h5-6,8-9,13,16-17,19H,3-4,7,10-12H2,1-2H3. The molecule has 0 aliphatic heterocycles. The molecule has 4 heteroatoms. The molecule has 0 saturated heterocycles. The van der Waals surface area contributed by atoms with Crippen LogP contribution in [0.4, 0.5) is 0 Å². The van der Waals surface area contributed by atoms with E-state index < -0.39 is 10.8 Å². The lowest BCUT2D eigenvalue weighted by Gasteiger charge is -2.35. The van der Waals surface area contributed by atoms with Crippen molar-refractivity contribution < 1.29 is 4.21 Å². The number of benzene rings is 1. The molecule has 1 N–H and O–H groups in total. The molecular formula is C17H26ClNOS. The van der Waals surface area contributed by atoms with E-state index >= 15 is 0 Å². The van der Waals surface area contributed by atoms with Gasteiger partial charge in [0.05, 0.1) is 5.25 Å². The molecule has 2 rings (SSSR count). The third kappa shape index (κ3) is 4.80. The van der Waals surface area contributed by atoms with E-state index in [1.165, 1.54) is 19.3 Å². The van der Waals surface area contributed by atoms with E-state index in [2.05, 4.69) is 12.2 Å². The van der Waals surface area contributed by atoms with Crippen LogP contribution in [0.25, 0.3) is 0 Å². The van der Waals surface area contributed by atoms with E-state index in [1.54, 1.807) is 0 Å². The zero-order chi connectivity index (χ0) is 15.2. The summed E-state index contributed by atoms with van der Waals surface area (Å²) >= 11 is 5.91. The SMILES string of the molecule is CCCC1CCC(NC)C(S(=O)Cc2ccc(Cl)cc2)C1. The summed E-state index contributed by atoms with van der Waals surface area (Å²) in [6, 6.07) is 8.13. The Morgan fingerprint density at radius 3 is 2.62 bits per heavy atom. The highest BCUT2D eigenvalue weighted by Gasteiger charge is 2.33. The zero-order valence-electron chi connectivity index (χ0n) is 13.0. The van der Waals surface area contributed by atoms with Gasteiger partial charge in [0.15, 0.2) is 0 Å². The molecule has 1 aromatic rings. The van der Waals surface area contributed by atoms with Crippen LogP contribution in [0, 0.1) is 5.92 Å². The van der Waals surface area contributed by atoms with Crippen molar-refractivity contribution in [1.29, 1.82) is 0 Å². The van der Waals surface area contributed by atoms with E-state index in [0.717, 1.165) is 29.3 Å². The molecule has 118 valence electrons. The normalized spacial score (nSPS) is 27.5. The molecule has 4 atom stereocenters. The Labute approximate surface area is 136 Å². The van der Waals surface area contributed by atoms with Crippen molar-refractivity contribution in [2.24, 2.45) is 5.92 Å². The molecule has 1 fully saturated rings. The van der Waals surface area contributed by atoms with Gasteiger partial charge in [-0.05, 0) is 49.9 Å². The van der Waals surface area contributed by atoms with Crippen molar-refractivity contribution >= 4 is 22.4 Å². The Morgan fingerprint density at radius 2 is 2.00 bits per heavy atom. The van der Waals surface area contributed by atoms with Crippen LogP contribution in [0.5, 0.6) is 0 Å². The van der Waals surface area contributed by atoms with Crippen LogP contribution in [-0.2, 0) is 16.6 Å². The summed E-state index contributed by atoms with van der Waals surface area (Å²) in [6.07, 6.45) is 6.02. The highest BCUT2D eigenvalue weighted by molar-refractivity contribution is 7.84. The summed E-state index contributed by atoms with van der Waals surface area (Å²) in [5.41, 5.74) is 1.12. The molecule has 1 aliphatic rings. The van der Waals surface area contributed by atoms with Gasteiger partial charge in [-0.15, -0.1) is 0 Å². The number of rotatable bonds is 6. The fraction of sp³-hybridized carbons (Fsp3) is 0.647. The smallest absolute Gasteiger partial charge is 0.0507 e. The number of halogens is 1. The van der Waals surface area contributed by atoms with Crippen LogP contribution >= 0.6 is 11.6 Å². The van der Waals surface area contributed by atoms with Crippen LogP contribution in [0.15, 0.2) is 24.3 Å². The Morgan fingerprint density at radius 1 is 1.29 bits per heavy atom. The molecule has 2 nitrogen and oxygen atoms in total. The largest absolute Gasteiger partial charge is 0.316 e. The summed E-state index contributed by atoms with van der Waals surface area (Å²) in [6.45, 7) is 2.24. The molecule has 0 amide bonds. The van der Waals surface area contributed by atoms with Crippen molar-refractivity contribution in [2.75, 3.05) is 7.05 Å². The first kappa shape index (κ1) is 17.0. The first-order valence-corrected chi connectivity index (χ1v) is 9.69. The quantitative estimate of drug-likeness (QED) is 0.850. The van der Waals surface area contributed by atoms with Gasteiger partial charge in [-0.25, -0.2) is 0 Å². The summed E-state index contributed by atoms with van der Waals surface area (Å²) in [5.74, 6) is 1.39. The number of hydrogen-bond donors (Lipinski definition) is 1. The van der Waals surface area contributed by atoms with Gasteiger partial charge in [-0.2, -0.15) is 0 Å². The van der Waals surface area contributed by atoms with Gasteiger partial charge in [0, 0.05) is 27.6 Å². The van der Waals surface area contributed by atoms with E-state index in [4.69, 9.17) is 11.6 Å². The summed E-state index contributed by atoms with van der Waals surface area (Å²) in [5, 5.41) is 4.39. The molecule has 1 aromatic carbocycles. The van der Waals surface area contributed by atoms with E-state index in [9.17, 15) is 4.21 Å². The summed E-state index contributed by atoms with van der Waals surface area (Å²) in [4.78, 5) is 0. The minimum absolute atomic E-state index is 0.274. The van der Waals surface area contributed by atoms with Gasteiger partial charge in [-0.1, -0.05) is 43.5 Å². The molecule has 1 saturated carbocycles. The van der Waals surface area contributed by atoms with E-state index in [0.29, 0.717) is 11.8 Å². The van der Waals surface area contributed by atoms with E-state index in [1.807, 2.05) is 31.3 Å². The monoisotopic (exact) mass is 327 g/mol. The van der Waals surface area contributed by atoms with Gasteiger partial charge in [0.2, 0.25) is 0 Å². The Bertz CT molecular complexity index is 462. The molecule has 0 radical (unpaired) electrons. The lowest BCUT2D eigenvalue weighted by atomic mass is 9.83. The molecular weight excluding hydrogens is 302 g/mol. The van der Waals surface area contributed by atoms with Crippen LogP contribution in [0.1, 0.15) is 44.6 Å². The fourth-order valence-electron chi connectivity index (χ4n) is 3.35. The number of hydrogen-bond acceptors (Lipinski definition) is 2. The average Bonchev–Trinajstić information content (AvgIpc) is 2.50. The van der Waals surface area contributed by atoms with Crippen LogP contribution in [0.3, 0.4) is 0 Å². The van der Waals surface area contributed by atoms with Crippen molar-refractivity contribution in [3.05, 3.63) is 34.9 Å². The van der Waals surface area contributed by atoms with Gasteiger partial charge in [0.1, 0.15) is 0 Å². The van der Waals surface area contributed by atoms with Gasteiger partial charge in [-0.3, -0.25) is 4.21 Å². The predicted molar refractivity (Wildman–Crippen MR) is 92.2 cm³/mol. The summed E-state index contributed by atoms with van der Waals surface area (Å²) < 4.78 is 12.8. The maximum atomic E-state index is 12.8. The second-order valence-electron chi connectivity index (χ2n) is 6.05. The molecule has 0 bridgehead atoms. The van der Waals surface area contributed by atoms with E-state index in [-0.39, 0.29) is 5.25 Å². The lowest BCUT2D eigenvalue weighted by Crippen LogP contribution is -2.45. The molecule has 21 heavy (non-hydrogen) atoms. The highest BCUT2D eigenvalue weighted by Crippen LogP contribution is 2.31. The van der Waals surface area contributed by atoms with Crippen molar-refractivity contribution in [1.82, 2.24) is 5.32 Å². The Balaban J connectivity index is 2.01. The average molecular weight is 328 g/mol. The van der Waals surface area contributed by atoms with Gasteiger partial charge < -0.3 is 5.32 Å². The second kappa shape index (κ2) is 8.30. The maximum absolute atomic E-state index is 12.8. The van der Waals surface area contributed by atoms with Crippen molar-refractivity contribution in [3.63, 3.8) is 0 Å². The molecule has 0 aromatic heterocycles. The Hall–Kier alpha value is -0.380. The van der Waals surface area contributed by atoms with Gasteiger partial charge in [0.25, 0.3) is 0 Å². The first-order valence-electron chi connectivity index (χ1n) is 7.93. The summed E-state index contributed by atoms with van der Waals surface area (Å²) in [7, 11) is 1.17. The molecule has 0 spiro atoms.